The van der Waals surface area contributed by atoms with Crippen LogP contribution in [0.4, 0.5) is 17.6 Å². The third kappa shape index (κ3) is 5.37. The van der Waals surface area contributed by atoms with Crippen molar-refractivity contribution in [1.82, 2.24) is 0 Å². The van der Waals surface area contributed by atoms with Crippen LogP contribution in [0.15, 0.2) is 36.4 Å². The van der Waals surface area contributed by atoms with Gasteiger partial charge < -0.3 is 9.47 Å². The molecule has 6 heteroatoms. The van der Waals surface area contributed by atoms with Crippen molar-refractivity contribution in [3.63, 3.8) is 0 Å². The monoisotopic (exact) mass is 464 g/mol. The molecule has 2 aromatic rings. The van der Waals surface area contributed by atoms with E-state index in [-0.39, 0.29) is 12.2 Å². The zero-order valence-corrected chi connectivity index (χ0v) is 19.3. The van der Waals surface area contributed by atoms with Crippen molar-refractivity contribution in [2.24, 2.45) is 11.8 Å². The maximum absolute atomic E-state index is 14.9. The van der Waals surface area contributed by atoms with Crippen LogP contribution in [0, 0.1) is 24.6 Å². The second-order valence-corrected chi connectivity index (χ2v) is 9.45. The summed E-state index contributed by atoms with van der Waals surface area (Å²) in [5.41, 5.74) is 1.33. The highest BCUT2D eigenvalue weighted by Crippen LogP contribution is 2.45. The second kappa shape index (κ2) is 10.0. The minimum Gasteiger partial charge on any atom is -0.493 e. The number of halogens is 4. The average Bonchev–Trinajstić information content (AvgIpc) is 2.79. The van der Waals surface area contributed by atoms with E-state index < -0.39 is 29.4 Å². The van der Waals surface area contributed by atoms with Gasteiger partial charge in [-0.05, 0) is 87.8 Å². The van der Waals surface area contributed by atoms with Crippen molar-refractivity contribution in [3.05, 3.63) is 64.5 Å². The first kappa shape index (κ1) is 24.1. The molecule has 0 bridgehead atoms. The predicted octanol–water partition coefficient (Wildman–Crippen LogP) is 7.99. The van der Waals surface area contributed by atoms with Crippen molar-refractivity contribution >= 4 is 0 Å². The molecule has 2 aromatic carbocycles. The van der Waals surface area contributed by atoms with Gasteiger partial charge in [-0.1, -0.05) is 29.8 Å². The standard InChI is InChI=1S/C27H32F4O2/c1-3-32-24-15-13-22(26(28)25(24)27(29,30)31)23-14-12-21(16-33-23)20-10-8-19(9-11-20)18-6-4-17(2)5-7-18/h4-7,13,15,19-21,23H,3,8-12,14,16H2,1-2H3. The van der Waals surface area contributed by atoms with Gasteiger partial charge in [0, 0.05) is 5.56 Å². The molecule has 1 saturated heterocycles. The van der Waals surface area contributed by atoms with Crippen molar-refractivity contribution < 1.29 is 27.0 Å². The molecular weight excluding hydrogens is 432 g/mol. The highest BCUT2D eigenvalue weighted by Gasteiger charge is 2.41. The summed E-state index contributed by atoms with van der Waals surface area (Å²) in [7, 11) is 0. The number of benzene rings is 2. The Bertz CT molecular complexity index is 922. The van der Waals surface area contributed by atoms with Crippen LogP contribution in [0.1, 0.15) is 79.7 Å². The highest BCUT2D eigenvalue weighted by molar-refractivity contribution is 5.42. The van der Waals surface area contributed by atoms with Crippen LogP contribution in [0.25, 0.3) is 0 Å². The van der Waals surface area contributed by atoms with Crippen LogP contribution < -0.4 is 4.74 Å². The van der Waals surface area contributed by atoms with Gasteiger partial charge in [0.2, 0.25) is 0 Å². The van der Waals surface area contributed by atoms with E-state index in [1.165, 1.54) is 23.3 Å². The molecule has 1 heterocycles. The molecule has 0 N–H and O–H groups in total. The molecule has 1 saturated carbocycles. The van der Waals surface area contributed by atoms with Crippen molar-refractivity contribution in [2.75, 3.05) is 13.2 Å². The minimum absolute atomic E-state index is 0.0210. The van der Waals surface area contributed by atoms with E-state index in [9.17, 15) is 17.6 Å². The number of ether oxygens (including phenoxy) is 2. The van der Waals surface area contributed by atoms with Gasteiger partial charge in [-0.15, -0.1) is 0 Å². The fourth-order valence-electron chi connectivity index (χ4n) is 5.51. The van der Waals surface area contributed by atoms with Gasteiger partial charge in [0.25, 0.3) is 0 Å². The Morgan fingerprint density at radius 1 is 0.909 bits per heavy atom. The van der Waals surface area contributed by atoms with Crippen molar-refractivity contribution in [3.8, 4) is 5.75 Å². The Balaban J connectivity index is 1.37. The van der Waals surface area contributed by atoms with E-state index in [1.54, 1.807) is 6.92 Å². The summed E-state index contributed by atoms with van der Waals surface area (Å²) < 4.78 is 66.4. The van der Waals surface area contributed by atoms with Crippen LogP contribution >= 0.6 is 0 Å². The fraction of sp³-hybridized carbons (Fsp3) is 0.556. The lowest BCUT2D eigenvalue weighted by Crippen LogP contribution is -2.30. The zero-order valence-electron chi connectivity index (χ0n) is 19.3. The Morgan fingerprint density at radius 3 is 2.15 bits per heavy atom. The third-order valence-electron chi connectivity index (χ3n) is 7.36. The number of rotatable bonds is 5. The van der Waals surface area contributed by atoms with Crippen molar-refractivity contribution in [1.29, 1.82) is 0 Å². The minimum atomic E-state index is -4.82. The lowest BCUT2D eigenvalue weighted by molar-refractivity contribution is -0.141. The molecule has 2 unspecified atom stereocenters. The van der Waals surface area contributed by atoms with Crippen LogP contribution in [-0.2, 0) is 10.9 Å². The quantitative estimate of drug-likeness (QED) is 0.418. The van der Waals surface area contributed by atoms with Crippen molar-refractivity contribution in [2.45, 2.75) is 70.6 Å². The third-order valence-corrected chi connectivity index (χ3v) is 7.36. The topological polar surface area (TPSA) is 18.5 Å². The first-order chi connectivity index (χ1) is 15.8. The number of hydrogen-bond acceptors (Lipinski definition) is 2. The molecule has 0 aromatic heterocycles. The summed E-state index contributed by atoms with van der Waals surface area (Å²) in [5, 5.41) is 0. The summed E-state index contributed by atoms with van der Waals surface area (Å²) >= 11 is 0. The van der Waals surface area contributed by atoms with E-state index in [0.717, 1.165) is 32.1 Å². The van der Waals surface area contributed by atoms with Gasteiger partial charge in [-0.2, -0.15) is 13.2 Å². The van der Waals surface area contributed by atoms with E-state index in [2.05, 4.69) is 31.2 Å². The highest BCUT2D eigenvalue weighted by atomic mass is 19.4. The van der Waals surface area contributed by atoms with Crippen LogP contribution in [-0.4, -0.2) is 13.2 Å². The van der Waals surface area contributed by atoms with Gasteiger partial charge >= 0.3 is 6.18 Å². The molecule has 4 rings (SSSR count). The van der Waals surface area contributed by atoms with E-state index in [1.807, 2.05) is 0 Å². The lowest BCUT2D eigenvalue weighted by Gasteiger charge is -2.38. The molecule has 0 amide bonds. The van der Waals surface area contributed by atoms with Gasteiger partial charge in [0.15, 0.2) is 0 Å². The number of aryl methyl sites for hydroxylation is 1. The molecular formula is C27H32F4O2. The van der Waals surface area contributed by atoms with E-state index >= 15 is 0 Å². The Morgan fingerprint density at radius 2 is 1.58 bits per heavy atom. The molecule has 2 nitrogen and oxygen atoms in total. The van der Waals surface area contributed by atoms with Gasteiger partial charge in [-0.3, -0.25) is 0 Å². The number of alkyl halides is 3. The molecule has 180 valence electrons. The average molecular weight is 465 g/mol. The van der Waals surface area contributed by atoms with E-state index in [4.69, 9.17) is 9.47 Å². The summed E-state index contributed by atoms with van der Waals surface area (Å²) in [5.74, 6) is -0.199. The lowest BCUT2D eigenvalue weighted by atomic mass is 9.72. The number of hydrogen-bond donors (Lipinski definition) is 0. The smallest absolute Gasteiger partial charge is 0.422 e. The molecule has 1 aliphatic heterocycles. The first-order valence-electron chi connectivity index (χ1n) is 12.0. The SMILES string of the molecule is CCOc1ccc(C2CCC(C3CCC(c4ccc(C)cc4)CC3)CO2)c(F)c1C(F)(F)F. The largest absolute Gasteiger partial charge is 0.493 e. The zero-order chi connectivity index (χ0) is 23.6. The van der Waals surface area contributed by atoms with Gasteiger partial charge in [-0.25, -0.2) is 4.39 Å². The second-order valence-electron chi connectivity index (χ2n) is 9.45. The molecule has 2 fully saturated rings. The maximum Gasteiger partial charge on any atom is 0.422 e. The summed E-state index contributed by atoms with van der Waals surface area (Å²) in [4.78, 5) is 0. The normalized spacial score (nSPS) is 26.2. The molecule has 2 aliphatic rings. The maximum atomic E-state index is 14.9. The summed E-state index contributed by atoms with van der Waals surface area (Å²) in [6.45, 7) is 4.18. The van der Waals surface area contributed by atoms with E-state index in [0.29, 0.717) is 30.8 Å². The Hall–Kier alpha value is -2.08. The van der Waals surface area contributed by atoms with Crippen LogP contribution in [0.5, 0.6) is 5.75 Å². The van der Waals surface area contributed by atoms with Gasteiger partial charge in [0.1, 0.15) is 17.1 Å². The first-order valence-corrected chi connectivity index (χ1v) is 12.0. The van der Waals surface area contributed by atoms with Crippen LogP contribution in [0.3, 0.4) is 0 Å². The molecule has 0 radical (unpaired) electrons. The fourth-order valence-corrected chi connectivity index (χ4v) is 5.51. The summed E-state index contributed by atoms with van der Waals surface area (Å²) in [6.07, 6.45) is 0.467. The molecule has 1 aliphatic carbocycles. The molecule has 2 atom stereocenters. The van der Waals surface area contributed by atoms with Crippen LogP contribution in [0.2, 0.25) is 0 Å². The molecule has 33 heavy (non-hydrogen) atoms. The summed E-state index contributed by atoms with van der Waals surface area (Å²) in [6, 6.07) is 11.4. The Labute approximate surface area is 193 Å². The Kier molecular flexibility index (Phi) is 7.32. The predicted molar refractivity (Wildman–Crippen MR) is 120 cm³/mol. The molecule has 0 spiro atoms. The van der Waals surface area contributed by atoms with Gasteiger partial charge in [0.05, 0.1) is 19.3 Å².